The summed E-state index contributed by atoms with van der Waals surface area (Å²) in [4.78, 5) is 35.7. The van der Waals surface area contributed by atoms with Crippen LogP contribution < -0.4 is 5.32 Å². The molecule has 1 aliphatic heterocycles. The van der Waals surface area contributed by atoms with Crippen LogP contribution in [0.25, 0.3) is 5.57 Å². The van der Waals surface area contributed by atoms with E-state index < -0.39 is 23.4 Å². The topological polar surface area (TPSA) is 92.2 Å². The Balaban J connectivity index is 1.53. The number of carbonyl (C=O) groups is 2. The highest BCUT2D eigenvalue weighted by Gasteiger charge is 2.64. The van der Waals surface area contributed by atoms with Gasteiger partial charge in [0.05, 0.1) is 23.2 Å². The highest BCUT2D eigenvalue weighted by atomic mass is 16.3. The molecule has 0 unspecified atom stereocenters. The third-order valence-electron chi connectivity index (χ3n) is 8.29. The van der Waals surface area contributed by atoms with Gasteiger partial charge < -0.3 is 5.11 Å². The number of pyridine rings is 2. The van der Waals surface area contributed by atoms with Gasteiger partial charge in [0.15, 0.2) is 5.60 Å². The van der Waals surface area contributed by atoms with Crippen molar-refractivity contribution in [3.63, 3.8) is 0 Å². The monoisotopic (exact) mass is 511 g/mol. The first-order valence-electron chi connectivity index (χ1n) is 13.1. The van der Waals surface area contributed by atoms with Crippen LogP contribution in [0.2, 0.25) is 0 Å². The van der Waals surface area contributed by atoms with Crippen LogP contribution in [-0.4, -0.2) is 26.9 Å². The Morgan fingerprint density at radius 2 is 1.38 bits per heavy atom. The molecular formula is C33H25N3O3. The number of nitrogens with one attached hydrogen (secondary N) is 1. The van der Waals surface area contributed by atoms with Gasteiger partial charge in [0.1, 0.15) is 0 Å². The number of amides is 2. The fourth-order valence-electron chi connectivity index (χ4n) is 6.77. The van der Waals surface area contributed by atoms with Crippen molar-refractivity contribution in [3.05, 3.63) is 149 Å². The average Bonchev–Trinajstić information content (AvgIpc) is 3.63. The van der Waals surface area contributed by atoms with Crippen molar-refractivity contribution in [3.8, 4) is 0 Å². The predicted molar refractivity (Wildman–Crippen MR) is 146 cm³/mol. The van der Waals surface area contributed by atoms with Gasteiger partial charge in [-0.15, -0.1) is 0 Å². The normalized spacial score (nSPS) is 26.0. The molecule has 6 heteroatoms. The maximum Gasteiger partial charge on any atom is 0.231 e. The molecule has 0 spiro atoms. The van der Waals surface area contributed by atoms with Crippen molar-refractivity contribution in [2.24, 2.45) is 23.7 Å². The van der Waals surface area contributed by atoms with E-state index in [-0.39, 0.29) is 17.7 Å². The number of benzene rings is 2. The lowest BCUT2D eigenvalue weighted by Crippen LogP contribution is -2.38. The van der Waals surface area contributed by atoms with Crippen molar-refractivity contribution < 1.29 is 14.7 Å². The molecule has 2 fully saturated rings. The van der Waals surface area contributed by atoms with Gasteiger partial charge in [-0.1, -0.05) is 78.9 Å². The number of fused-ring (bicyclic) bond motifs is 5. The molecule has 2 aromatic carbocycles. The van der Waals surface area contributed by atoms with Crippen molar-refractivity contribution >= 4 is 17.4 Å². The lowest BCUT2D eigenvalue weighted by atomic mass is 9.71. The number of aromatic nitrogens is 2. The minimum Gasteiger partial charge on any atom is -0.375 e. The number of hydrogen-bond donors (Lipinski definition) is 2. The van der Waals surface area contributed by atoms with E-state index >= 15 is 0 Å². The van der Waals surface area contributed by atoms with Gasteiger partial charge in [-0.25, -0.2) is 0 Å². The summed E-state index contributed by atoms with van der Waals surface area (Å²) in [6, 6.07) is 30.6. The molecule has 1 saturated heterocycles. The van der Waals surface area contributed by atoms with Gasteiger partial charge in [0.25, 0.3) is 0 Å². The maximum absolute atomic E-state index is 13.3. The van der Waals surface area contributed by atoms with Crippen molar-refractivity contribution in [2.45, 2.75) is 5.60 Å². The molecule has 2 aromatic heterocycles. The summed E-state index contributed by atoms with van der Waals surface area (Å²) >= 11 is 0. The zero-order chi connectivity index (χ0) is 26.6. The van der Waals surface area contributed by atoms with Gasteiger partial charge >= 0.3 is 0 Å². The molecule has 2 amide bonds. The van der Waals surface area contributed by atoms with Gasteiger partial charge in [-0.05, 0) is 46.5 Å². The minimum atomic E-state index is -1.60. The summed E-state index contributed by atoms with van der Waals surface area (Å²) in [5.41, 5.74) is 3.74. The third kappa shape index (κ3) is 3.45. The molecule has 3 aliphatic rings. The minimum absolute atomic E-state index is 0.264. The summed E-state index contributed by atoms with van der Waals surface area (Å²) in [6.07, 6.45) is 5.41. The second kappa shape index (κ2) is 8.96. The molecule has 7 rings (SSSR count). The van der Waals surface area contributed by atoms with E-state index in [4.69, 9.17) is 4.98 Å². The van der Waals surface area contributed by atoms with E-state index in [2.05, 4.69) is 10.3 Å². The van der Waals surface area contributed by atoms with Crippen LogP contribution in [0.4, 0.5) is 0 Å². The van der Waals surface area contributed by atoms with Gasteiger partial charge in [0.2, 0.25) is 11.8 Å². The molecule has 5 atom stereocenters. The molecule has 3 heterocycles. The standard InChI is InChI=1S/C33H25N3O3/c37-31-28-22-19-23(33(39,21-13-5-2-6-14-21)25-16-8-10-18-35-25)29(30(28)32(38)36-31)27(22)26(20-11-3-1-4-12-20)24-15-7-9-17-34-24/h1-19,22,28-30,39H,(H,36,37,38)/b27-26+/t22-,28-,29+,30+,33+/m0/s1. The Morgan fingerprint density at radius 1 is 0.744 bits per heavy atom. The van der Waals surface area contributed by atoms with E-state index in [0.717, 1.165) is 22.4 Å². The Bertz CT molecular complexity index is 1550. The van der Waals surface area contributed by atoms with Crippen LogP contribution in [0.1, 0.15) is 22.5 Å². The Labute approximate surface area is 225 Å². The van der Waals surface area contributed by atoms with Crippen molar-refractivity contribution in [1.29, 1.82) is 0 Å². The summed E-state index contributed by atoms with van der Waals surface area (Å²) in [6.45, 7) is 0. The van der Waals surface area contributed by atoms with E-state index in [9.17, 15) is 14.7 Å². The molecule has 39 heavy (non-hydrogen) atoms. The Kier molecular flexibility index (Phi) is 5.39. The average molecular weight is 512 g/mol. The van der Waals surface area contributed by atoms with Crippen LogP contribution in [0.5, 0.6) is 0 Å². The van der Waals surface area contributed by atoms with E-state index in [1.165, 1.54) is 0 Å². The third-order valence-corrected chi connectivity index (χ3v) is 8.29. The molecular weight excluding hydrogens is 486 g/mol. The molecule has 2 aliphatic carbocycles. The van der Waals surface area contributed by atoms with Crippen LogP contribution in [0.15, 0.2) is 127 Å². The second-order valence-electron chi connectivity index (χ2n) is 10.2. The van der Waals surface area contributed by atoms with E-state index in [0.29, 0.717) is 16.8 Å². The van der Waals surface area contributed by atoms with Crippen LogP contribution in [0.3, 0.4) is 0 Å². The van der Waals surface area contributed by atoms with Gasteiger partial charge in [-0.3, -0.25) is 24.9 Å². The highest BCUT2D eigenvalue weighted by Crippen LogP contribution is 2.63. The molecule has 1 saturated carbocycles. The highest BCUT2D eigenvalue weighted by molar-refractivity contribution is 6.08. The largest absolute Gasteiger partial charge is 0.375 e. The summed E-state index contributed by atoms with van der Waals surface area (Å²) < 4.78 is 0. The lowest BCUT2D eigenvalue weighted by molar-refractivity contribution is -0.126. The number of hydrogen-bond acceptors (Lipinski definition) is 5. The summed E-state index contributed by atoms with van der Waals surface area (Å²) in [7, 11) is 0. The SMILES string of the molecule is O=C1NC(=O)[C@@H]2[C@@H]1[C@@H]1C([C@](O)(c3ccccc3)c3ccccn3)=C[C@H]2/C1=C(/c1ccccc1)c1ccccn1. The van der Waals surface area contributed by atoms with Gasteiger partial charge in [0, 0.05) is 29.8 Å². The molecule has 190 valence electrons. The first kappa shape index (κ1) is 23.4. The number of imide groups is 1. The summed E-state index contributed by atoms with van der Waals surface area (Å²) in [5.74, 6) is -2.62. The number of rotatable bonds is 5. The Morgan fingerprint density at radius 3 is 2.05 bits per heavy atom. The lowest BCUT2D eigenvalue weighted by Gasteiger charge is -2.36. The number of aliphatic hydroxyl groups is 1. The van der Waals surface area contributed by atoms with Crippen molar-refractivity contribution in [1.82, 2.24) is 15.3 Å². The number of carbonyl (C=O) groups excluding carboxylic acids is 2. The number of nitrogens with zero attached hydrogens (tertiary/aromatic N) is 2. The van der Waals surface area contributed by atoms with Crippen LogP contribution in [-0.2, 0) is 15.2 Å². The second-order valence-corrected chi connectivity index (χ2v) is 10.2. The zero-order valence-corrected chi connectivity index (χ0v) is 20.9. The van der Waals surface area contributed by atoms with Gasteiger partial charge in [-0.2, -0.15) is 0 Å². The van der Waals surface area contributed by atoms with Crippen LogP contribution in [0, 0.1) is 23.7 Å². The molecule has 2 N–H and O–H groups in total. The first-order valence-corrected chi connectivity index (χ1v) is 13.1. The molecule has 6 nitrogen and oxygen atoms in total. The fraction of sp³-hybridized carbons (Fsp3) is 0.152. The molecule has 4 aromatic rings. The summed E-state index contributed by atoms with van der Waals surface area (Å²) in [5, 5.41) is 15.3. The smallest absolute Gasteiger partial charge is 0.231 e. The van der Waals surface area contributed by atoms with Crippen LogP contribution >= 0.6 is 0 Å². The fourth-order valence-corrected chi connectivity index (χ4v) is 6.77. The Hall–Kier alpha value is -4.68. The van der Waals surface area contributed by atoms with E-state index in [1.54, 1.807) is 18.5 Å². The molecule has 2 bridgehead atoms. The zero-order valence-electron chi connectivity index (χ0n) is 20.9. The van der Waals surface area contributed by atoms with E-state index in [1.807, 2.05) is 97.1 Å². The predicted octanol–water partition coefficient (Wildman–Crippen LogP) is 4.29. The first-order chi connectivity index (χ1) is 19.1. The maximum atomic E-state index is 13.3. The number of allylic oxidation sites excluding steroid dienone is 2. The molecule has 0 radical (unpaired) electrons. The van der Waals surface area contributed by atoms with Crippen molar-refractivity contribution in [2.75, 3.05) is 0 Å². The quantitative estimate of drug-likeness (QED) is 0.308.